The lowest BCUT2D eigenvalue weighted by atomic mass is 10.1. The van der Waals surface area contributed by atoms with E-state index in [1.807, 2.05) is 26.0 Å². The van der Waals surface area contributed by atoms with Crippen LogP contribution in [0.25, 0.3) is 0 Å². The number of aryl methyl sites for hydroxylation is 2. The first kappa shape index (κ1) is 15.7. The summed E-state index contributed by atoms with van der Waals surface area (Å²) in [5.74, 6) is 0.335. The van der Waals surface area contributed by atoms with Crippen LogP contribution in [0.3, 0.4) is 0 Å². The van der Waals surface area contributed by atoms with Gasteiger partial charge in [0.15, 0.2) is 0 Å². The number of nitrogens with two attached hydrogens (primary N) is 1. The van der Waals surface area contributed by atoms with Crippen LogP contribution in [0, 0.1) is 19.7 Å². The number of benzene rings is 2. The van der Waals surface area contributed by atoms with Crippen LogP contribution in [0.4, 0.5) is 4.39 Å². The summed E-state index contributed by atoms with van der Waals surface area (Å²) in [6, 6.07) is 8.26. The van der Waals surface area contributed by atoms with Crippen molar-refractivity contribution in [3.05, 3.63) is 63.4 Å². The summed E-state index contributed by atoms with van der Waals surface area (Å²) < 4.78 is 19.5. The Morgan fingerprint density at radius 2 is 1.86 bits per heavy atom. The molecule has 2 aromatic carbocycles. The molecule has 0 aliphatic rings. The third-order valence-corrected chi connectivity index (χ3v) is 3.60. The Labute approximate surface area is 133 Å². The van der Waals surface area contributed by atoms with E-state index in [-0.39, 0.29) is 12.4 Å². The second-order valence-corrected chi connectivity index (χ2v) is 5.70. The number of ether oxygens (including phenoxy) is 1. The molecule has 0 amide bonds. The Morgan fingerprint density at radius 3 is 2.38 bits per heavy atom. The van der Waals surface area contributed by atoms with Gasteiger partial charge in [0.25, 0.3) is 0 Å². The molecule has 2 aromatic rings. The summed E-state index contributed by atoms with van der Waals surface area (Å²) >= 11 is 10.7. The van der Waals surface area contributed by atoms with Crippen molar-refractivity contribution in [3.8, 4) is 5.75 Å². The maximum atomic E-state index is 13.7. The molecule has 5 heteroatoms. The first-order valence-electron chi connectivity index (χ1n) is 6.36. The Hall–Kier alpha value is -1.65. The molecule has 0 fully saturated rings. The van der Waals surface area contributed by atoms with E-state index in [0.717, 1.165) is 16.7 Å². The van der Waals surface area contributed by atoms with Crippen molar-refractivity contribution in [2.24, 2.45) is 5.73 Å². The Balaban J connectivity index is 2.22. The van der Waals surface area contributed by atoms with Gasteiger partial charge in [-0.1, -0.05) is 29.9 Å². The van der Waals surface area contributed by atoms with Crippen molar-refractivity contribution >= 4 is 28.8 Å². The van der Waals surface area contributed by atoms with Gasteiger partial charge >= 0.3 is 0 Å². The fraction of sp³-hybridized carbons (Fsp3) is 0.188. The Bertz CT molecular complexity index is 680. The van der Waals surface area contributed by atoms with Crippen LogP contribution >= 0.6 is 23.8 Å². The second-order valence-electron chi connectivity index (χ2n) is 4.83. The highest BCUT2D eigenvalue weighted by Crippen LogP contribution is 2.26. The molecule has 0 aromatic heterocycles. The summed E-state index contributed by atoms with van der Waals surface area (Å²) in [5.41, 5.74) is 8.70. The van der Waals surface area contributed by atoms with Crippen molar-refractivity contribution in [2.45, 2.75) is 20.5 Å². The van der Waals surface area contributed by atoms with E-state index in [0.29, 0.717) is 21.3 Å². The molecule has 0 saturated heterocycles. The van der Waals surface area contributed by atoms with Crippen LogP contribution in [0.2, 0.25) is 5.02 Å². The van der Waals surface area contributed by atoms with E-state index in [4.69, 9.17) is 34.3 Å². The Kier molecular flexibility index (Phi) is 4.80. The number of thiocarbonyl (C=S) groups is 1. The lowest BCUT2D eigenvalue weighted by molar-refractivity contribution is 0.296. The molecule has 0 heterocycles. The minimum absolute atomic E-state index is 0.136. The summed E-state index contributed by atoms with van der Waals surface area (Å²) in [6.45, 7) is 3.95. The number of rotatable bonds is 4. The van der Waals surface area contributed by atoms with Gasteiger partial charge in [0.2, 0.25) is 0 Å². The van der Waals surface area contributed by atoms with Gasteiger partial charge in [-0.05, 0) is 49.2 Å². The summed E-state index contributed by atoms with van der Waals surface area (Å²) in [6.07, 6.45) is 0. The van der Waals surface area contributed by atoms with Crippen LogP contribution < -0.4 is 10.5 Å². The molecule has 0 spiro atoms. The highest BCUT2D eigenvalue weighted by atomic mass is 35.5. The lowest BCUT2D eigenvalue weighted by Gasteiger charge is -2.14. The molecule has 110 valence electrons. The van der Waals surface area contributed by atoms with E-state index in [9.17, 15) is 4.39 Å². The standard InChI is InChI=1S/C16H15ClFNOS/c1-9-5-12(16(19)21)6-10(2)15(9)20-8-11-3-4-13(17)7-14(11)18/h3-7H,8H2,1-2H3,(H2,19,21). The third kappa shape index (κ3) is 3.71. The van der Waals surface area contributed by atoms with Gasteiger partial charge in [-0.2, -0.15) is 0 Å². The average Bonchev–Trinajstić information content (AvgIpc) is 2.39. The van der Waals surface area contributed by atoms with Crippen molar-refractivity contribution < 1.29 is 9.13 Å². The SMILES string of the molecule is Cc1cc(C(N)=S)cc(C)c1OCc1ccc(Cl)cc1F. The predicted molar refractivity (Wildman–Crippen MR) is 87.5 cm³/mol. The van der Waals surface area contributed by atoms with Gasteiger partial charge in [0.05, 0.1) is 0 Å². The van der Waals surface area contributed by atoms with Crippen LogP contribution in [0.15, 0.2) is 30.3 Å². The molecule has 0 bridgehead atoms. The highest BCUT2D eigenvalue weighted by molar-refractivity contribution is 7.80. The molecule has 0 saturated carbocycles. The van der Waals surface area contributed by atoms with Gasteiger partial charge in [-0.15, -0.1) is 0 Å². The molecule has 0 aliphatic heterocycles. The van der Waals surface area contributed by atoms with Crippen molar-refractivity contribution in [1.82, 2.24) is 0 Å². The van der Waals surface area contributed by atoms with Gasteiger partial charge < -0.3 is 10.5 Å². The van der Waals surface area contributed by atoms with Crippen LogP contribution in [-0.2, 0) is 6.61 Å². The van der Waals surface area contributed by atoms with Crippen LogP contribution in [0.5, 0.6) is 5.75 Å². The quantitative estimate of drug-likeness (QED) is 0.852. The normalized spacial score (nSPS) is 10.5. The molecule has 2 N–H and O–H groups in total. The molecule has 2 rings (SSSR count). The zero-order chi connectivity index (χ0) is 15.6. The topological polar surface area (TPSA) is 35.2 Å². The first-order valence-corrected chi connectivity index (χ1v) is 7.15. The molecule has 0 radical (unpaired) electrons. The summed E-state index contributed by atoms with van der Waals surface area (Å²) in [7, 11) is 0. The van der Waals surface area contributed by atoms with Gasteiger partial charge in [-0.3, -0.25) is 0 Å². The summed E-state index contributed by atoms with van der Waals surface area (Å²) in [4.78, 5) is 0.344. The van der Waals surface area contributed by atoms with Gasteiger partial charge in [0, 0.05) is 16.1 Å². The monoisotopic (exact) mass is 323 g/mol. The summed E-state index contributed by atoms with van der Waals surface area (Å²) in [5, 5.41) is 0.365. The molecule has 0 aliphatic carbocycles. The minimum atomic E-state index is -0.377. The Morgan fingerprint density at radius 1 is 1.24 bits per heavy atom. The molecule has 0 unspecified atom stereocenters. The highest BCUT2D eigenvalue weighted by Gasteiger charge is 2.10. The van der Waals surface area contributed by atoms with Crippen molar-refractivity contribution in [3.63, 3.8) is 0 Å². The maximum Gasteiger partial charge on any atom is 0.131 e. The molecular formula is C16H15ClFNOS. The van der Waals surface area contributed by atoms with E-state index in [2.05, 4.69) is 0 Å². The molecule has 21 heavy (non-hydrogen) atoms. The van der Waals surface area contributed by atoms with Crippen LogP contribution in [-0.4, -0.2) is 4.99 Å². The molecule has 2 nitrogen and oxygen atoms in total. The van der Waals surface area contributed by atoms with E-state index in [1.165, 1.54) is 6.07 Å². The predicted octanol–water partition coefficient (Wildman–Crippen LogP) is 4.31. The largest absolute Gasteiger partial charge is 0.488 e. The van der Waals surface area contributed by atoms with E-state index >= 15 is 0 Å². The maximum absolute atomic E-state index is 13.7. The smallest absolute Gasteiger partial charge is 0.131 e. The second kappa shape index (κ2) is 6.41. The fourth-order valence-corrected chi connectivity index (χ4v) is 2.39. The lowest BCUT2D eigenvalue weighted by Crippen LogP contribution is -2.10. The fourth-order valence-electron chi connectivity index (χ4n) is 2.11. The first-order chi connectivity index (χ1) is 9.88. The minimum Gasteiger partial charge on any atom is -0.488 e. The molecule has 0 atom stereocenters. The number of hydrogen-bond donors (Lipinski definition) is 1. The van der Waals surface area contributed by atoms with Gasteiger partial charge in [-0.25, -0.2) is 4.39 Å². The zero-order valence-corrected chi connectivity index (χ0v) is 13.3. The average molecular weight is 324 g/mol. The van der Waals surface area contributed by atoms with Crippen molar-refractivity contribution in [2.75, 3.05) is 0 Å². The van der Waals surface area contributed by atoms with E-state index in [1.54, 1.807) is 12.1 Å². The number of halogens is 2. The molecular weight excluding hydrogens is 309 g/mol. The number of hydrogen-bond acceptors (Lipinski definition) is 2. The van der Waals surface area contributed by atoms with E-state index < -0.39 is 0 Å². The third-order valence-electron chi connectivity index (χ3n) is 3.13. The zero-order valence-electron chi connectivity index (χ0n) is 11.7. The van der Waals surface area contributed by atoms with Crippen LogP contribution in [0.1, 0.15) is 22.3 Å². The van der Waals surface area contributed by atoms with Crippen molar-refractivity contribution in [1.29, 1.82) is 0 Å². The van der Waals surface area contributed by atoms with Gasteiger partial charge in [0.1, 0.15) is 23.2 Å².